The van der Waals surface area contributed by atoms with Gasteiger partial charge in [-0.2, -0.15) is 20.7 Å². The first-order valence-corrected chi connectivity index (χ1v) is 13.0. The largest absolute Gasteiger partial charge is 0.387 e. The summed E-state index contributed by atoms with van der Waals surface area (Å²) in [7, 11) is 0. The maximum atomic E-state index is 13.5. The number of carbonyl (C=O) groups is 2. The summed E-state index contributed by atoms with van der Waals surface area (Å²) >= 11 is 0. The molecule has 1 saturated carbocycles. The van der Waals surface area contributed by atoms with Crippen LogP contribution in [0.1, 0.15) is 39.1 Å². The number of nitriles is 1. The van der Waals surface area contributed by atoms with Gasteiger partial charge in [-0.05, 0) is 72.0 Å². The minimum Gasteiger partial charge on any atom is -0.387 e. The molecule has 3 aliphatic rings. The second-order valence-electron chi connectivity index (χ2n) is 10.9. The molecule has 0 radical (unpaired) electrons. The van der Waals surface area contributed by atoms with Gasteiger partial charge in [0.25, 0.3) is 11.8 Å². The van der Waals surface area contributed by atoms with Crippen LogP contribution in [-0.4, -0.2) is 73.9 Å². The van der Waals surface area contributed by atoms with E-state index < -0.39 is 5.60 Å². The Morgan fingerprint density at radius 1 is 0.895 bits per heavy atom. The van der Waals surface area contributed by atoms with E-state index in [1.807, 2.05) is 29.2 Å². The molecular weight excluding hydrogens is 480 g/mol. The van der Waals surface area contributed by atoms with Crippen molar-refractivity contribution in [2.75, 3.05) is 26.2 Å². The molecule has 0 spiro atoms. The lowest BCUT2D eigenvalue weighted by atomic mass is 9.66. The number of hydrogen-bond donors (Lipinski definition) is 2. The summed E-state index contributed by atoms with van der Waals surface area (Å²) in [6, 6.07) is 18.4. The van der Waals surface area contributed by atoms with Crippen molar-refractivity contribution in [2.24, 2.45) is 17.8 Å². The van der Waals surface area contributed by atoms with Gasteiger partial charge in [0.15, 0.2) is 0 Å². The van der Waals surface area contributed by atoms with Crippen LogP contribution in [0.25, 0.3) is 21.8 Å². The number of amides is 2. The highest BCUT2D eigenvalue weighted by molar-refractivity contribution is 5.99. The van der Waals surface area contributed by atoms with E-state index in [-0.39, 0.29) is 36.1 Å². The van der Waals surface area contributed by atoms with E-state index in [9.17, 15) is 14.7 Å². The highest BCUT2D eigenvalue weighted by atomic mass is 16.3. The number of benzene rings is 3. The van der Waals surface area contributed by atoms with E-state index in [2.05, 4.69) is 21.5 Å². The number of rotatable bonds is 2. The maximum absolute atomic E-state index is 13.5. The van der Waals surface area contributed by atoms with Crippen LogP contribution in [-0.2, 0) is 0 Å². The summed E-state index contributed by atoms with van der Waals surface area (Å²) in [5, 5.41) is 33.7. The molecule has 1 aliphatic carbocycles. The summed E-state index contributed by atoms with van der Waals surface area (Å²) in [6.45, 7) is 1.88. The summed E-state index contributed by atoms with van der Waals surface area (Å²) in [6.07, 6.45) is 1.77. The molecule has 1 aromatic heterocycles. The molecule has 7 rings (SSSR count). The number of carbonyl (C=O) groups excluding carboxylic acids is 2. The molecule has 0 bridgehead atoms. The highest BCUT2D eigenvalue weighted by Crippen LogP contribution is 2.49. The van der Waals surface area contributed by atoms with Gasteiger partial charge in [0.05, 0.1) is 23.8 Å². The average Bonchev–Trinajstić information content (AvgIpc) is 3.67. The van der Waals surface area contributed by atoms with Gasteiger partial charge in [-0.1, -0.05) is 12.1 Å². The third-order valence-electron chi connectivity index (χ3n) is 8.91. The molecule has 3 aromatic carbocycles. The zero-order valence-electron chi connectivity index (χ0n) is 20.7. The lowest BCUT2D eigenvalue weighted by molar-refractivity contribution is -0.0755. The zero-order valence-corrected chi connectivity index (χ0v) is 20.7. The van der Waals surface area contributed by atoms with Gasteiger partial charge in [0.2, 0.25) is 0 Å². The Hall–Kier alpha value is -4.29. The fourth-order valence-electron chi connectivity index (χ4n) is 6.94. The van der Waals surface area contributed by atoms with Crippen molar-refractivity contribution in [1.29, 1.82) is 5.26 Å². The van der Waals surface area contributed by atoms with E-state index in [0.717, 1.165) is 23.6 Å². The summed E-state index contributed by atoms with van der Waals surface area (Å²) in [4.78, 5) is 30.5. The molecule has 9 heteroatoms. The van der Waals surface area contributed by atoms with Gasteiger partial charge in [-0.25, -0.2) is 0 Å². The van der Waals surface area contributed by atoms with Crippen molar-refractivity contribution in [2.45, 2.75) is 18.4 Å². The van der Waals surface area contributed by atoms with Crippen LogP contribution >= 0.6 is 0 Å². The first kappa shape index (κ1) is 22.9. The van der Waals surface area contributed by atoms with Crippen LogP contribution in [0.5, 0.6) is 0 Å². The minimum atomic E-state index is -1.01. The van der Waals surface area contributed by atoms with Gasteiger partial charge >= 0.3 is 0 Å². The van der Waals surface area contributed by atoms with Crippen LogP contribution in [0, 0.1) is 29.1 Å². The number of aliphatic hydroxyl groups is 1. The third kappa shape index (κ3) is 3.48. The van der Waals surface area contributed by atoms with Gasteiger partial charge in [0, 0.05) is 42.6 Å². The molecule has 9 nitrogen and oxygen atoms in total. The molecular formula is C29H26N6O3. The molecule has 2 saturated heterocycles. The summed E-state index contributed by atoms with van der Waals surface area (Å²) in [5.41, 5.74) is 2.07. The first-order valence-electron chi connectivity index (χ1n) is 13.0. The van der Waals surface area contributed by atoms with Gasteiger partial charge in [-0.15, -0.1) is 0 Å². The first-order chi connectivity index (χ1) is 18.4. The lowest BCUT2D eigenvalue weighted by Crippen LogP contribution is -2.52. The van der Waals surface area contributed by atoms with E-state index >= 15 is 0 Å². The fourth-order valence-corrected chi connectivity index (χ4v) is 6.94. The number of fused-ring (bicyclic) bond motifs is 5. The topological polar surface area (TPSA) is 126 Å². The Morgan fingerprint density at radius 3 is 2.50 bits per heavy atom. The Labute approximate surface area is 218 Å². The number of likely N-dealkylation sites (tertiary alicyclic amines) is 2. The molecule has 2 amide bonds. The number of nitrogens with zero attached hydrogens (tertiary/aromatic N) is 5. The van der Waals surface area contributed by atoms with Gasteiger partial charge in [0.1, 0.15) is 11.0 Å². The number of nitrogens with one attached hydrogen (secondary N) is 1. The fraction of sp³-hybridized carbons (Fsp3) is 0.345. The normalized spacial score (nSPS) is 26.4. The minimum absolute atomic E-state index is 0.00660. The van der Waals surface area contributed by atoms with E-state index in [1.54, 1.807) is 35.2 Å². The van der Waals surface area contributed by atoms with E-state index in [0.29, 0.717) is 47.4 Å². The highest BCUT2D eigenvalue weighted by Gasteiger charge is 2.58. The van der Waals surface area contributed by atoms with Gasteiger partial charge in [-0.3, -0.25) is 9.59 Å². The third-order valence-corrected chi connectivity index (χ3v) is 8.91. The van der Waals surface area contributed by atoms with Crippen molar-refractivity contribution >= 4 is 33.6 Å². The zero-order chi connectivity index (χ0) is 26.0. The predicted octanol–water partition coefficient (Wildman–Crippen LogP) is 2.97. The van der Waals surface area contributed by atoms with E-state index in [4.69, 9.17) is 5.26 Å². The summed E-state index contributed by atoms with van der Waals surface area (Å²) < 4.78 is 0. The number of hydrogen-bond acceptors (Lipinski definition) is 6. The number of aromatic amines is 1. The number of H-pyrrole nitrogens is 1. The second-order valence-corrected chi connectivity index (χ2v) is 10.9. The van der Waals surface area contributed by atoms with Crippen LogP contribution in [0.2, 0.25) is 0 Å². The van der Waals surface area contributed by atoms with Crippen molar-refractivity contribution in [1.82, 2.24) is 25.2 Å². The Morgan fingerprint density at radius 2 is 1.63 bits per heavy atom. The smallest absolute Gasteiger partial charge is 0.253 e. The Balaban J connectivity index is 1.10. The lowest BCUT2D eigenvalue weighted by Gasteiger charge is -2.42. The molecule has 2 N–H and O–H groups in total. The molecule has 4 atom stereocenters. The number of β-amino-alcohol motifs (C(OH)–C–C–N with tert-alkyl or cyclic N) is 1. The van der Waals surface area contributed by atoms with Crippen LogP contribution in [0.15, 0.2) is 54.6 Å². The van der Waals surface area contributed by atoms with Gasteiger partial charge < -0.3 is 14.9 Å². The average molecular weight is 507 g/mol. The molecule has 3 heterocycles. The summed E-state index contributed by atoms with van der Waals surface area (Å²) in [5.74, 6) is -0.0257. The SMILES string of the molecule is N#Cc1ccc2cc(C(=O)N3CC4CC[C@@H]5CN(C(=O)c6ccc7n[nH]nc7c6)C[C@H]5C4(O)C3)ccc2c1. The molecule has 190 valence electrons. The second kappa shape index (κ2) is 8.36. The molecule has 2 unspecified atom stereocenters. The van der Waals surface area contributed by atoms with E-state index in [1.165, 1.54) is 0 Å². The number of aromatic nitrogens is 3. The van der Waals surface area contributed by atoms with Crippen molar-refractivity contribution in [3.05, 3.63) is 71.3 Å². The standard InChI is InChI=1S/C29H26N6O3/c30-12-17-1-2-19-10-20(4-3-18(19)9-17)28(37)35-14-23-7-5-22-13-34(15-24(22)29(23,38)16-35)27(36)21-6-8-25-26(11-21)32-33-31-25/h1-4,6,8-11,22-24,38H,5,7,13-16H2,(H,31,32,33)/t22-,23?,24-,29?/m1/s1. The predicted molar refractivity (Wildman–Crippen MR) is 139 cm³/mol. The monoisotopic (exact) mass is 506 g/mol. The van der Waals surface area contributed by atoms with Crippen LogP contribution < -0.4 is 0 Å². The molecule has 3 fully saturated rings. The quantitative estimate of drug-likeness (QED) is 0.431. The molecule has 38 heavy (non-hydrogen) atoms. The molecule has 4 aromatic rings. The molecule has 2 aliphatic heterocycles. The Kier molecular flexibility index (Phi) is 5.03. The maximum Gasteiger partial charge on any atom is 0.253 e. The van der Waals surface area contributed by atoms with Crippen LogP contribution in [0.4, 0.5) is 0 Å². The van der Waals surface area contributed by atoms with Crippen molar-refractivity contribution in [3.8, 4) is 6.07 Å². The van der Waals surface area contributed by atoms with Crippen molar-refractivity contribution < 1.29 is 14.7 Å². The Bertz CT molecular complexity index is 1660. The van der Waals surface area contributed by atoms with Crippen LogP contribution in [0.3, 0.4) is 0 Å². The van der Waals surface area contributed by atoms with Crippen molar-refractivity contribution in [3.63, 3.8) is 0 Å².